The first kappa shape index (κ1) is 20.9. The van der Waals surface area contributed by atoms with Crippen molar-refractivity contribution in [3.63, 3.8) is 0 Å². The molecule has 1 aliphatic rings. The summed E-state index contributed by atoms with van der Waals surface area (Å²) >= 11 is 0. The lowest BCUT2D eigenvalue weighted by molar-refractivity contribution is 0.234. The highest BCUT2D eigenvalue weighted by Crippen LogP contribution is 2.33. The first-order chi connectivity index (χ1) is 13.1. The van der Waals surface area contributed by atoms with Crippen LogP contribution in [0.15, 0.2) is 58.3 Å². The number of hydrogen-bond donors (Lipinski definition) is 0. The molecule has 2 aromatic carbocycles. The van der Waals surface area contributed by atoms with E-state index in [2.05, 4.69) is 0 Å². The first-order valence-electron chi connectivity index (χ1n) is 8.82. The average molecular weight is 430 g/mol. The fourth-order valence-electron chi connectivity index (χ4n) is 3.45. The summed E-state index contributed by atoms with van der Waals surface area (Å²) in [6.07, 6.45) is 1.72. The van der Waals surface area contributed by atoms with Crippen molar-refractivity contribution >= 4 is 19.9 Å². The molecule has 0 amide bonds. The van der Waals surface area contributed by atoms with Gasteiger partial charge in [-0.05, 0) is 43.9 Å². The summed E-state index contributed by atoms with van der Waals surface area (Å²) in [5, 5.41) is 0. The summed E-state index contributed by atoms with van der Waals surface area (Å²) in [6.45, 7) is 2.18. The van der Waals surface area contributed by atoms with Crippen molar-refractivity contribution in [1.29, 1.82) is 0 Å². The highest BCUT2D eigenvalue weighted by atomic mass is 32.2. The standard InChI is InChI=1S/C19H21F2NO4S2/c1-14-8-10-15(11-9-14)13-16-5-4-12-22(16)28(25,26)18-7-3-2-6-17(18)27(23,24)19(20)21/h2-3,6-11,16,19H,4-5,12-13H2,1H3. The number of alkyl halides is 2. The van der Waals surface area contributed by atoms with Gasteiger partial charge in [0, 0.05) is 12.6 Å². The maximum Gasteiger partial charge on any atom is 0.341 e. The normalized spacial score (nSPS) is 18.6. The molecule has 1 heterocycles. The van der Waals surface area contributed by atoms with E-state index in [0.29, 0.717) is 19.3 Å². The lowest BCUT2D eigenvalue weighted by atomic mass is 10.0. The van der Waals surface area contributed by atoms with Crippen LogP contribution >= 0.6 is 0 Å². The monoisotopic (exact) mass is 429 g/mol. The second-order valence-electron chi connectivity index (χ2n) is 6.85. The first-order valence-corrected chi connectivity index (χ1v) is 11.8. The van der Waals surface area contributed by atoms with Crippen LogP contribution in [0.3, 0.4) is 0 Å². The molecule has 0 aliphatic carbocycles. The predicted octanol–water partition coefficient (Wildman–Crippen LogP) is 3.39. The van der Waals surface area contributed by atoms with E-state index in [1.807, 2.05) is 31.2 Å². The van der Waals surface area contributed by atoms with Crippen molar-refractivity contribution in [3.05, 3.63) is 59.7 Å². The van der Waals surface area contributed by atoms with Gasteiger partial charge in [-0.2, -0.15) is 13.1 Å². The van der Waals surface area contributed by atoms with E-state index in [-0.39, 0.29) is 12.6 Å². The lowest BCUT2D eigenvalue weighted by Gasteiger charge is -2.25. The van der Waals surface area contributed by atoms with Gasteiger partial charge in [-0.3, -0.25) is 0 Å². The van der Waals surface area contributed by atoms with Gasteiger partial charge in [0.05, 0.1) is 4.90 Å². The van der Waals surface area contributed by atoms with Gasteiger partial charge in [0.2, 0.25) is 19.9 Å². The Morgan fingerprint density at radius 2 is 1.61 bits per heavy atom. The van der Waals surface area contributed by atoms with Crippen molar-refractivity contribution < 1.29 is 25.6 Å². The zero-order chi connectivity index (χ0) is 20.5. The molecule has 0 spiro atoms. The van der Waals surface area contributed by atoms with E-state index in [1.54, 1.807) is 0 Å². The van der Waals surface area contributed by atoms with Crippen LogP contribution in [0, 0.1) is 6.92 Å². The van der Waals surface area contributed by atoms with Gasteiger partial charge >= 0.3 is 5.76 Å². The third-order valence-electron chi connectivity index (χ3n) is 4.89. The number of rotatable bonds is 6. The van der Waals surface area contributed by atoms with Gasteiger partial charge in [0.25, 0.3) is 0 Å². The number of nitrogens with zero attached hydrogens (tertiary/aromatic N) is 1. The van der Waals surface area contributed by atoms with Crippen molar-refractivity contribution in [2.45, 2.75) is 47.8 Å². The van der Waals surface area contributed by atoms with E-state index in [4.69, 9.17) is 0 Å². The number of sulfone groups is 1. The number of benzene rings is 2. The van der Waals surface area contributed by atoms with Crippen LogP contribution in [0.2, 0.25) is 0 Å². The van der Waals surface area contributed by atoms with Gasteiger partial charge in [-0.25, -0.2) is 16.8 Å². The molecule has 2 aromatic rings. The lowest BCUT2D eigenvalue weighted by Crippen LogP contribution is -2.37. The molecule has 0 saturated carbocycles. The molecule has 1 aliphatic heterocycles. The Morgan fingerprint density at radius 3 is 2.21 bits per heavy atom. The minimum Gasteiger partial charge on any atom is -0.218 e. The summed E-state index contributed by atoms with van der Waals surface area (Å²) in [5.41, 5.74) is 2.05. The highest BCUT2D eigenvalue weighted by molar-refractivity contribution is 7.93. The Labute approximate surface area is 164 Å². The number of hydrogen-bond acceptors (Lipinski definition) is 4. The minimum absolute atomic E-state index is 0.224. The van der Waals surface area contributed by atoms with Crippen LogP contribution in [0.25, 0.3) is 0 Å². The molecule has 0 N–H and O–H groups in total. The molecule has 28 heavy (non-hydrogen) atoms. The van der Waals surface area contributed by atoms with Gasteiger partial charge < -0.3 is 0 Å². The second-order valence-corrected chi connectivity index (χ2v) is 10.6. The Bertz CT molecular complexity index is 1050. The van der Waals surface area contributed by atoms with Crippen LogP contribution in [-0.4, -0.2) is 39.5 Å². The number of sulfonamides is 1. The average Bonchev–Trinajstić information content (AvgIpc) is 3.12. The molecule has 1 fully saturated rings. The predicted molar refractivity (Wildman–Crippen MR) is 101 cm³/mol. The molecular weight excluding hydrogens is 408 g/mol. The van der Waals surface area contributed by atoms with Crippen molar-refractivity contribution in [2.75, 3.05) is 6.54 Å². The van der Waals surface area contributed by atoms with Crippen molar-refractivity contribution in [2.24, 2.45) is 0 Å². The zero-order valence-electron chi connectivity index (χ0n) is 15.3. The number of aryl methyl sites for hydroxylation is 1. The van der Waals surface area contributed by atoms with Crippen molar-refractivity contribution in [1.82, 2.24) is 4.31 Å². The Hall–Kier alpha value is -1.84. The molecular formula is C19H21F2NO4S2. The van der Waals surface area contributed by atoms with Crippen LogP contribution in [0.1, 0.15) is 24.0 Å². The van der Waals surface area contributed by atoms with Crippen LogP contribution in [-0.2, 0) is 26.3 Å². The summed E-state index contributed by atoms with van der Waals surface area (Å²) in [6, 6.07) is 11.9. The Balaban J connectivity index is 1.98. The minimum atomic E-state index is -5.04. The molecule has 1 unspecified atom stereocenters. The molecule has 152 valence electrons. The van der Waals surface area contributed by atoms with Crippen molar-refractivity contribution in [3.8, 4) is 0 Å². The molecule has 1 atom stereocenters. The van der Waals surface area contributed by atoms with E-state index >= 15 is 0 Å². The fourth-order valence-corrected chi connectivity index (χ4v) is 6.69. The van der Waals surface area contributed by atoms with E-state index in [1.165, 1.54) is 16.4 Å². The van der Waals surface area contributed by atoms with Gasteiger partial charge in [0.1, 0.15) is 4.90 Å². The third-order valence-corrected chi connectivity index (χ3v) is 8.47. The quantitative estimate of drug-likeness (QED) is 0.706. The van der Waals surface area contributed by atoms with Crippen LogP contribution in [0.4, 0.5) is 8.78 Å². The number of halogens is 2. The van der Waals surface area contributed by atoms with Gasteiger partial charge in [-0.15, -0.1) is 0 Å². The maximum absolute atomic E-state index is 13.2. The summed E-state index contributed by atoms with van der Waals surface area (Å²) in [4.78, 5) is -1.45. The van der Waals surface area contributed by atoms with E-state index in [9.17, 15) is 25.6 Å². The van der Waals surface area contributed by atoms with E-state index in [0.717, 1.165) is 23.3 Å². The largest absolute Gasteiger partial charge is 0.341 e. The summed E-state index contributed by atoms with van der Waals surface area (Å²) in [7, 11) is -9.28. The molecule has 3 rings (SSSR count). The molecule has 5 nitrogen and oxygen atoms in total. The fraction of sp³-hybridized carbons (Fsp3) is 0.368. The van der Waals surface area contributed by atoms with Gasteiger partial charge in [0.15, 0.2) is 0 Å². The van der Waals surface area contributed by atoms with Gasteiger partial charge in [-0.1, -0.05) is 42.0 Å². The van der Waals surface area contributed by atoms with Crippen LogP contribution < -0.4 is 0 Å². The molecule has 0 radical (unpaired) electrons. The smallest absolute Gasteiger partial charge is 0.218 e. The highest BCUT2D eigenvalue weighted by Gasteiger charge is 2.39. The van der Waals surface area contributed by atoms with Crippen LogP contribution in [0.5, 0.6) is 0 Å². The third kappa shape index (κ3) is 3.97. The molecule has 0 aromatic heterocycles. The Morgan fingerprint density at radius 1 is 1.00 bits per heavy atom. The SMILES string of the molecule is Cc1ccc(CC2CCCN2S(=O)(=O)c2ccccc2S(=O)(=O)C(F)F)cc1. The second kappa shape index (κ2) is 7.88. The Kier molecular flexibility index (Phi) is 5.88. The summed E-state index contributed by atoms with van der Waals surface area (Å²) < 4.78 is 77.7. The summed E-state index contributed by atoms with van der Waals surface area (Å²) in [5.74, 6) is -3.69. The van der Waals surface area contributed by atoms with E-state index < -0.39 is 35.4 Å². The molecule has 9 heteroatoms. The topological polar surface area (TPSA) is 71.5 Å². The zero-order valence-corrected chi connectivity index (χ0v) is 16.9. The molecule has 0 bridgehead atoms. The maximum atomic E-state index is 13.2. The molecule has 1 saturated heterocycles.